The second-order valence-corrected chi connectivity index (χ2v) is 6.04. The SMILES string of the molecule is CC1CCCN(CC(=O)N2CCC(C(N)=O)CC2)C1. The van der Waals surface area contributed by atoms with E-state index in [1.54, 1.807) is 0 Å². The lowest BCUT2D eigenvalue weighted by Gasteiger charge is -2.35. The molecule has 2 aliphatic heterocycles. The van der Waals surface area contributed by atoms with Gasteiger partial charge in [0, 0.05) is 25.6 Å². The number of nitrogens with two attached hydrogens (primary N) is 1. The van der Waals surface area contributed by atoms with Crippen LogP contribution in [0, 0.1) is 11.8 Å². The van der Waals surface area contributed by atoms with Gasteiger partial charge in [-0.05, 0) is 38.1 Å². The van der Waals surface area contributed by atoms with Crippen molar-refractivity contribution in [1.29, 1.82) is 0 Å². The molecule has 2 N–H and O–H groups in total. The van der Waals surface area contributed by atoms with Crippen LogP contribution in [0.3, 0.4) is 0 Å². The van der Waals surface area contributed by atoms with Gasteiger partial charge in [-0.2, -0.15) is 0 Å². The van der Waals surface area contributed by atoms with Crippen LogP contribution < -0.4 is 5.73 Å². The third-order valence-corrected chi connectivity index (χ3v) is 4.35. The number of likely N-dealkylation sites (tertiary alicyclic amines) is 2. The maximum atomic E-state index is 12.2. The molecule has 0 aliphatic carbocycles. The summed E-state index contributed by atoms with van der Waals surface area (Å²) in [5, 5.41) is 0. The van der Waals surface area contributed by atoms with Crippen LogP contribution >= 0.6 is 0 Å². The normalized spacial score (nSPS) is 26.4. The molecule has 2 amide bonds. The lowest BCUT2D eigenvalue weighted by atomic mass is 9.96. The van der Waals surface area contributed by atoms with Gasteiger partial charge in [0.15, 0.2) is 0 Å². The monoisotopic (exact) mass is 267 g/mol. The van der Waals surface area contributed by atoms with Crippen LogP contribution in [0.1, 0.15) is 32.6 Å². The van der Waals surface area contributed by atoms with Gasteiger partial charge in [-0.1, -0.05) is 6.92 Å². The van der Waals surface area contributed by atoms with Gasteiger partial charge >= 0.3 is 0 Å². The fraction of sp³-hybridized carbons (Fsp3) is 0.857. The Hall–Kier alpha value is -1.10. The Balaban J connectivity index is 1.76. The highest BCUT2D eigenvalue weighted by Crippen LogP contribution is 2.18. The number of rotatable bonds is 3. The molecule has 0 aromatic carbocycles. The summed E-state index contributed by atoms with van der Waals surface area (Å²) in [6.45, 7) is 6.20. The molecule has 5 heteroatoms. The first-order chi connectivity index (χ1) is 9.06. The maximum Gasteiger partial charge on any atom is 0.236 e. The Morgan fingerprint density at radius 1 is 1.16 bits per heavy atom. The predicted molar refractivity (Wildman–Crippen MR) is 73.3 cm³/mol. The number of carbonyl (C=O) groups excluding carboxylic acids is 2. The Labute approximate surface area is 115 Å². The van der Waals surface area contributed by atoms with Gasteiger partial charge in [-0.25, -0.2) is 0 Å². The topological polar surface area (TPSA) is 66.6 Å². The van der Waals surface area contributed by atoms with E-state index >= 15 is 0 Å². The van der Waals surface area contributed by atoms with Crippen LogP contribution in [0.4, 0.5) is 0 Å². The molecule has 1 unspecified atom stereocenters. The first-order valence-electron chi connectivity index (χ1n) is 7.35. The second-order valence-electron chi connectivity index (χ2n) is 6.04. The third-order valence-electron chi connectivity index (χ3n) is 4.35. The quantitative estimate of drug-likeness (QED) is 0.807. The molecule has 108 valence electrons. The molecule has 2 aliphatic rings. The fourth-order valence-electron chi connectivity index (χ4n) is 3.14. The van der Waals surface area contributed by atoms with E-state index in [1.165, 1.54) is 12.8 Å². The zero-order valence-electron chi connectivity index (χ0n) is 11.8. The highest BCUT2D eigenvalue weighted by Gasteiger charge is 2.27. The van der Waals surface area contributed by atoms with E-state index in [9.17, 15) is 9.59 Å². The largest absolute Gasteiger partial charge is 0.369 e. The zero-order chi connectivity index (χ0) is 13.8. The summed E-state index contributed by atoms with van der Waals surface area (Å²) in [5.41, 5.74) is 5.30. The minimum absolute atomic E-state index is 0.0425. The number of hydrogen-bond acceptors (Lipinski definition) is 3. The fourth-order valence-corrected chi connectivity index (χ4v) is 3.14. The standard InChI is InChI=1S/C14H25N3O2/c1-11-3-2-6-16(9-11)10-13(18)17-7-4-12(5-8-17)14(15)19/h11-12H,2-10H2,1H3,(H2,15,19). The Kier molecular flexibility index (Phi) is 4.80. The molecule has 0 bridgehead atoms. The molecule has 19 heavy (non-hydrogen) atoms. The molecule has 2 heterocycles. The van der Waals surface area contributed by atoms with Crippen molar-refractivity contribution in [2.24, 2.45) is 17.6 Å². The summed E-state index contributed by atoms with van der Waals surface area (Å²) >= 11 is 0. The van der Waals surface area contributed by atoms with Crippen molar-refractivity contribution in [3.05, 3.63) is 0 Å². The van der Waals surface area contributed by atoms with E-state index in [2.05, 4.69) is 11.8 Å². The van der Waals surface area contributed by atoms with Crippen LogP contribution in [-0.4, -0.2) is 54.3 Å². The van der Waals surface area contributed by atoms with E-state index < -0.39 is 0 Å². The van der Waals surface area contributed by atoms with Crippen molar-refractivity contribution in [3.63, 3.8) is 0 Å². The van der Waals surface area contributed by atoms with Crippen molar-refractivity contribution in [3.8, 4) is 0 Å². The van der Waals surface area contributed by atoms with Crippen molar-refractivity contribution in [2.45, 2.75) is 32.6 Å². The van der Waals surface area contributed by atoms with Gasteiger partial charge in [-0.15, -0.1) is 0 Å². The van der Waals surface area contributed by atoms with E-state index in [-0.39, 0.29) is 17.7 Å². The van der Waals surface area contributed by atoms with Gasteiger partial charge in [0.05, 0.1) is 6.54 Å². The average molecular weight is 267 g/mol. The number of primary amides is 1. The summed E-state index contributed by atoms with van der Waals surface area (Å²) < 4.78 is 0. The zero-order valence-corrected chi connectivity index (χ0v) is 11.8. The third kappa shape index (κ3) is 3.93. The van der Waals surface area contributed by atoms with Gasteiger partial charge in [0.25, 0.3) is 0 Å². The average Bonchev–Trinajstić information content (AvgIpc) is 2.39. The van der Waals surface area contributed by atoms with Crippen molar-refractivity contribution < 1.29 is 9.59 Å². The molecule has 0 aromatic heterocycles. The number of carbonyl (C=O) groups is 2. The highest BCUT2D eigenvalue weighted by molar-refractivity contribution is 5.80. The Morgan fingerprint density at radius 2 is 1.84 bits per heavy atom. The van der Waals surface area contributed by atoms with Crippen LogP contribution in [0.2, 0.25) is 0 Å². The summed E-state index contributed by atoms with van der Waals surface area (Å²) in [7, 11) is 0. The molecular weight excluding hydrogens is 242 g/mol. The van der Waals surface area contributed by atoms with Crippen molar-refractivity contribution in [1.82, 2.24) is 9.80 Å². The minimum atomic E-state index is -0.225. The molecular formula is C14H25N3O2. The first kappa shape index (κ1) is 14.3. The summed E-state index contributed by atoms with van der Waals surface area (Å²) in [6, 6.07) is 0. The Morgan fingerprint density at radius 3 is 2.42 bits per heavy atom. The molecule has 0 aromatic rings. The lowest BCUT2D eigenvalue weighted by Crippen LogP contribution is -2.47. The van der Waals surface area contributed by atoms with E-state index in [0.717, 1.165) is 25.9 Å². The van der Waals surface area contributed by atoms with Gasteiger partial charge < -0.3 is 10.6 Å². The molecule has 1 atom stereocenters. The van der Waals surface area contributed by atoms with Gasteiger partial charge in [-0.3, -0.25) is 14.5 Å². The van der Waals surface area contributed by atoms with Gasteiger partial charge in [0.1, 0.15) is 0 Å². The molecule has 2 rings (SSSR count). The maximum absolute atomic E-state index is 12.2. The lowest BCUT2D eigenvalue weighted by molar-refractivity contribution is -0.136. The van der Waals surface area contributed by atoms with Gasteiger partial charge in [0.2, 0.25) is 11.8 Å². The van der Waals surface area contributed by atoms with Crippen LogP contribution in [-0.2, 0) is 9.59 Å². The molecule has 5 nitrogen and oxygen atoms in total. The summed E-state index contributed by atoms with van der Waals surface area (Å²) in [4.78, 5) is 27.5. The molecule has 0 spiro atoms. The van der Waals surface area contributed by atoms with E-state index in [4.69, 9.17) is 5.73 Å². The number of hydrogen-bond donors (Lipinski definition) is 1. The van der Waals surface area contributed by atoms with Crippen molar-refractivity contribution >= 4 is 11.8 Å². The van der Waals surface area contributed by atoms with E-state index in [1.807, 2.05) is 4.90 Å². The molecule has 0 radical (unpaired) electrons. The molecule has 0 saturated carbocycles. The number of amides is 2. The van der Waals surface area contributed by atoms with Crippen LogP contribution in [0.15, 0.2) is 0 Å². The minimum Gasteiger partial charge on any atom is -0.369 e. The Bertz CT molecular complexity index is 338. The van der Waals surface area contributed by atoms with E-state index in [0.29, 0.717) is 25.6 Å². The summed E-state index contributed by atoms with van der Waals surface area (Å²) in [6.07, 6.45) is 3.90. The predicted octanol–water partition coefficient (Wildman–Crippen LogP) is 0.442. The number of piperidine rings is 2. The number of nitrogens with zero attached hydrogens (tertiary/aromatic N) is 2. The first-order valence-corrected chi connectivity index (χ1v) is 7.35. The highest BCUT2D eigenvalue weighted by atomic mass is 16.2. The van der Waals surface area contributed by atoms with Crippen LogP contribution in [0.5, 0.6) is 0 Å². The van der Waals surface area contributed by atoms with Crippen molar-refractivity contribution in [2.75, 3.05) is 32.7 Å². The molecule has 2 saturated heterocycles. The summed E-state index contributed by atoms with van der Waals surface area (Å²) in [5.74, 6) is 0.634. The van der Waals surface area contributed by atoms with Crippen LogP contribution in [0.25, 0.3) is 0 Å². The smallest absolute Gasteiger partial charge is 0.236 e. The second kappa shape index (κ2) is 6.37. The molecule has 2 fully saturated rings.